The van der Waals surface area contributed by atoms with Crippen molar-refractivity contribution >= 4 is 21.8 Å². The van der Waals surface area contributed by atoms with E-state index < -0.39 is 0 Å². The van der Waals surface area contributed by atoms with Gasteiger partial charge in [0.2, 0.25) is 0 Å². The Balaban J connectivity index is 1.58. The molecule has 0 radical (unpaired) electrons. The molecule has 1 heterocycles. The lowest BCUT2D eigenvalue weighted by Crippen LogP contribution is -2.28. The Bertz CT molecular complexity index is 938. The van der Waals surface area contributed by atoms with Crippen molar-refractivity contribution in [1.82, 2.24) is 10.1 Å². The molecule has 0 unspecified atom stereocenters. The number of rotatable bonds is 6. The number of hydrogen-bond donors (Lipinski definition) is 1. The van der Waals surface area contributed by atoms with Gasteiger partial charge < -0.3 is 14.5 Å². The summed E-state index contributed by atoms with van der Waals surface area (Å²) in [5.41, 5.74) is 3.03. The number of phenols is 1. The molecule has 140 valence electrons. The summed E-state index contributed by atoms with van der Waals surface area (Å²) in [5.74, 6) is 0.551. The largest absolute Gasteiger partial charge is 0.506 e. The van der Waals surface area contributed by atoms with E-state index in [2.05, 4.69) is 21.1 Å². The van der Waals surface area contributed by atoms with E-state index >= 15 is 0 Å². The molecular weight excluding hydrogens is 408 g/mol. The number of amides is 1. The van der Waals surface area contributed by atoms with Crippen LogP contribution in [0.4, 0.5) is 0 Å². The Labute approximate surface area is 166 Å². The van der Waals surface area contributed by atoms with Crippen LogP contribution in [-0.2, 0) is 6.42 Å². The molecule has 27 heavy (non-hydrogen) atoms. The minimum Gasteiger partial charge on any atom is -0.506 e. The molecule has 3 rings (SSSR count). The van der Waals surface area contributed by atoms with Crippen molar-refractivity contribution < 1.29 is 14.4 Å². The molecule has 0 aliphatic rings. The van der Waals surface area contributed by atoms with E-state index in [0.29, 0.717) is 23.0 Å². The van der Waals surface area contributed by atoms with E-state index in [1.54, 1.807) is 24.1 Å². The van der Waals surface area contributed by atoms with E-state index in [4.69, 9.17) is 4.52 Å². The Hall–Kier alpha value is -2.60. The number of aryl methyl sites for hydroxylation is 2. The van der Waals surface area contributed by atoms with Gasteiger partial charge in [-0.1, -0.05) is 35.5 Å². The molecule has 0 fully saturated rings. The first-order valence-corrected chi connectivity index (χ1v) is 9.50. The third-order valence-electron chi connectivity index (χ3n) is 4.33. The van der Waals surface area contributed by atoms with E-state index in [9.17, 15) is 9.90 Å². The number of hydrogen-bond acceptors (Lipinski definition) is 4. The minimum absolute atomic E-state index is 0.0276. The summed E-state index contributed by atoms with van der Waals surface area (Å²) in [6.45, 7) is 2.43. The SMILES string of the molecule is Cc1cc(Br)c(O)c(C(=O)N(C)CCCc2cc(-c3ccccc3)no2)c1. The lowest BCUT2D eigenvalue weighted by atomic mass is 10.1. The van der Waals surface area contributed by atoms with Crippen LogP contribution in [0.5, 0.6) is 5.75 Å². The standard InChI is InChI=1S/C21H21BrN2O3/c1-14-11-17(20(25)18(22)12-14)21(26)24(2)10-6-9-16-13-19(23-27-16)15-7-4-3-5-8-15/h3-5,7-8,11-13,25H,6,9-10H2,1-2H3. The summed E-state index contributed by atoms with van der Waals surface area (Å²) in [6, 6.07) is 15.3. The van der Waals surface area contributed by atoms with Crippen LogP contribution in [0.3, 0.4) is 0 Å². The van der Waals surface area contributed by atoms with Gasteiger partial charge in [-0.15, -0.1) is 0 Å². The fraction of sp³-hybridized carbons (Fsp3) is 0.238. The monoisotopic (exact) mass is 428 g/mol. The number of aromatic hydroxyl groups is 1. The van der Waals surface area contributed by atoms with Gasteiger partial charge in [0, 0.05) is 31.6 Å². The van der Waals surface area contributed by atoms with Crippen molar-refractivity contribution in [3.63, 3.8) is 0 Å². The molecule has 0 aliphatic heterocycles. The summed E-state index contributed by atoms with van der Waals surface area (Å²) in [6.07, 6.45) is 1.42. The lowest BCUT2D eigenvalue weighted by molar-refractivity contribution is 0.0789. The van der Waals surface area contributed by atoms with Crippen LogP contribution < -0.4 is 0 Å². The van der Waals surface area contributed by atoms with Gasteiger partial charge >= 0.3 is 0 Å². The second-order valence-electron chi connectivity index (χ2n) is 6.52. The molecule has 0 aliphatic carbocycles. The molecule has 2 aromatic carbocycles. The van der Waals surface area contributed by atoms with Gasteiger partial charge in [0.25, 0.3) is 5.91 Å². The van der Waals surface area contributed by atoms with Crippen molar-refractivity contribution in [2.75, 3.05) is 13.6 Å². The summed E-state index contributed by atoms with van der Waals surface area (Å²) >= 11 is 3.28. The first kappa shape index (κ1) is 19.2. The van der Waals surface area contributed by atoms with Gasteiger partial charge in [0.15, 0.2) is 0 Å². The molecule has 0 spiro atoms. The normalized spacial score (nSPS) is 10.8. The zero-order chi connectivity index (χ0) is 19.4. The Morgan fingerprint density at radius 3 is 2.70 bits per heavy atom. The van der Waals surface area contributed by atoms with Crippen molar-refractivity contribution in [3.05, 3.63) is 69.9 Å². The number of nitrogens with zero attached hydrogens (tertiary/aromatic N) is 2. The number of halogens is 1. The molecule has 1 amide bonds. The van der Waals surface area contributed by atoms with Crippen LogP contribution in [0.2, 0.25) is 0 Å². The molecule has 0 bridgehead atoms. The highest BCUT2D eigenvalue weighted by Gasteiger charge is 2.18. The molecule has 5 nitrogen and oxygen atoms in total. The maximum atomic E-state index is 12.6. The Kier molecular flexibility index (Phi) is 5.96. The van der Waals surface area contributed by atoms with Gasteiger partial charge in [-0.05, 0) is 47.0 Å². The van der Waals surface area contributed by atoms with Crippen LogP contribution >= 0.6 is 15.9 Å². The minimum atomic E-state index is -0.209. The van der Waals surface area contributed by atoms with Crippen molar-refractivity contribution in [2.45, 2.75) is 19.8 Å². The van der Waals surface area contributed by atoms with Gasteiger partial charge in [-0.3, -0.25) is 4.79 Å². The topological polar surface area (TPSA) is 66.6 Å². The van der Waals surface area contributed by atoms with Crippen molar-refractivity contribution in [2.24, 2.45) is 0 Å². The third-order valence-corrected chi connectivity index (χ3v) is 4.93. The predicted molar refractivity (Wildman–Crippen MR) is 108 cm³/mol. The Morgan fingerprint density at radius 2 is 1.96 bits per heavy atom. The van der Waals surface area contributed by atoms with Crippen molar-refractivity contribution in [1.29, 1.82) is 0 Å². The summed E-state index contributed by atoms with van der Waals surface area (Å²) in [5, 5.41) is 14.2. The average Bonchev–Trinajstić information content (AvgIpc) is 3.13. The van der Waals surface area contributed by atoms with Crippen LogP contribution in [0.1, 0.15) is 28.1 Å². The highest BCUT2D eigenvalue weighted by molar-refractivity contribution is 9.10. The predicted octanol–water partition coefficient (Wildman–Crippen LogP) is 4.82. The first-order chi connectivity index (χ1) is 13.0. The maximum absolute atomic E-state index is 12.6. The van der Waals surface area contributed by atoms with Crippen LogP contribution in [0, 0.1) is 6.92 Å². The van der Waals surface area contributed by atoms with Crippen molar-refractivity contribution in [3.8, 4) is 17.0 Å². The summed E-state index contributed by atoms with van der Waals surface area (Å²) < 4.78 is 5.92. The molecule has 0 saturated carbocycles. The second-order valence-corrected chi connectivity index (χ2v) is 7.37. The zero-order valence-electron chi connectivity index (χ0n) is 15.3. The van der Waals surface area contributed by atoms with E-state index in [-0.39, 0.29) is 11.7 Å². The zero-order valence-corrected chi connectivity index (χ0v) is 16.9. The van der Waals surface area contributed by atoms with E-state index in [0.717, 1.165) is 29.0 Å². The molecule has 3 aromatic rings. The highest BCUT2D eigenvalue weighted by Crippen LogP contribution is 2.30. The van der Waals surface area contributed by atoms with E-state index in [1.165, 1.54) is 0 Å². The van der Waals surface area contributed by atoms with Crippen LogP contribution in [-0.4, -0.2) is 34.7 Å². The fourth-order valence-electron chi connectivity index (χ4n) is 2.87. The number of benzene rings is 2. The Morgan fingerprint density at radius 1 is 1.22 bits per heavy atom. The van der Waals surface area contributed by atoms with Crippen LogP contribution in [0.25, 0.3) is 11.3 Å². The molecule has 6 heteroatoms. The quantitative estimate of drug-likeness (QED) is 0.610. The second kappa shape index (κ2) is 8.39. The van der Waals surface area contributed by atoms with Crippen LogP contribution in [0.15, 0.2) is 57.5 Å². The molecule has 1 N–H and O–H groups in total. The van der Waals surface area contributed by atoms with E-state index in [1.807, 2.05) is 43.3 Å². The van der Waals surface area contributed by atoms with Gasteiger partial charge in [-0.25, -0.2) is 0 Å². The summed E-state index contributed by atoms with van der Waals surface area (Å²) in [7, 11) is 1.73. The van der Waals surface area contributed by atoms with Gasteiger partial charge in [0.05, 0.1) is 10.0 Å². The molecule has 0 atom stereocenters. The average molecular weight is 429 g/mol. The first-order valence-electron chi connectivity index (χ1n) is 8.71. The molecular formula is C21H21BrN2O3. The highest BCUT2D eigenvalue weighted by atomic mass is 79.9. The number of aromatic nitrogens is 1. The molecule has 0 saturated heterocycles. The maximum Gasteiger partial charge on any atom is 0.257 e. The smallest absolute Gasteiger partial charge is 0.257 e. The van der Waals surface area contributed by atoms with Gasteiger partial charge in [0.1, 0.15) is 17.2 Å². The summed E-state index contributed by atoms with van der Waals surface area (Å²) in [4.78, 5) is 14.2. The van der Waals surface area contributed by atoms with Gasteiger partial charge in [-0.2, -0.15) is 0 Å². The number of carbonyl (C=O) groups excluding carboxylic acids is 1. The fourth-order valence-corrected chi connectivity index (χ4v) is 3.45. The third kappa shape index (κ3) is 4.57. The lowest BCUT2D eigenvalue weighted by Gasteiger charge is -2.18. The number of phenolic OH excluding ortho intramolecular Hbond substituents is 1. The molecule has 1 aromatic heterocycles. The number of carbonyl (C=O) groups is 1.